The van der Waals surface area contributed by atoms with Crippen LogP contribution in [-0.2, 0) is 6.54 Å². The smallest absolute Gasteiger partial charge is 0.137 e. The molecule has 2 aromatic rings. The minimum absolute atomic E-state index is 0. The molecule has 0 aliphatic rings. The molecule has 4 heteroatoms. The van der Waals surface area contributed by atoms with E-state index in [2.05, 4.69) is 9.97 Å². The standard InChI is InChI=1S/C8H9N3.ClH/c9-5-6-1-3-10-8-7(6)2-4-11-8;/h1-4H,5,9H2,(H,10,11);1H. The Morgan fingerprint density at radius 1 is 1.42 bits per heavy atom. The first-order valence-electron chi connectivity index (χ1n) is 3.53. The fraction of sp³-hybridized carbons (Fsp3) is 0.125. The molecule has 0 aromatic carbocycles. The predicted octanol–water partition coefficient (Wildman–Crippen LogP) is 1.44. The lowest BCUT2D eigenvalue weighted by Gasteiger charge is -1.96. The van der Waals surface area contributed by atoms with E-state index in [0.717, 1.165) is 16.6 Å². The van der Waals surface area contributed by atoms with Gasteiger partial charge in [-0.15, -0.1) is 12.4 Å². The van der Waals surface area contributed by atoms with Crippen molar-refractivity contribution in [3.63, 3.8) is 0 Å². The molecule has 0 spiro atoms. The SMILES string of the molecule is Cl.NCc1ccnc2[nH]ccc12. The summed E-state index contributed by atoms with van der Waals surface area (Å²) < 4.78 is 0. The van der Waals surface area contributed by atoms with Gasteiger partial charge in [-0.25, -0.2) is 4.98 Å². The molecule has 3 nitrogen and oxygen atoms in total. The third kappa shape index (κ3) is 1.29. The second kappa shape index (κ2) is 3.56. The first-order chi connectivity index (χ1) is 5.42. The van der Waals surface area contributed by atoms with Crippen LogP contribution < -0.4 is 5.73 Å². The number of aromatic amines is 1. The van der Waals surface area contributed by atoms with Crippen LogP contribution in [0, 0.1) is 0 Å². The molecule has 0 atom stereocenters. The molecular weight excluding hydrogens is 174 g/mol. The summed E-state index contributed by atoms with van der Waals surface area (Å²) in [6.07, 6.45) is 3.64. The molecule has 0 saturated carbocycles. The Morgan fingerprint density at radius 3 is 3.00 bits per heavy atom. The fourth-order valence-corrected chi connectivity index (χ4v) is 1.20. The molecular formula is C8H10ClN3. The Balaban J connectivity index is 0.000000720. The molecule has 3 N–H and O–H groups in total. The summed E-state index contributed by atoms with van der Waals surface area (Å²) in [6.45, 7) is 0.566. The molecule has 2 heterocycles. The molecule has 0 amide bonds. The van der Waals surface area contributed by atoms with Gasteiger partial charge in [0.1, 0.15) is 5.65 Å². The summed E-state index contributed by atoms with van der Waals surface area (Å²) in [5, 5.41) is 1.12. The van der Waals surface area contributed by atoms with Crippen LogP contribution in [0.4, 0.5) is 0 Å². The van der Waals surface area contributed by atoms with E-state index in [1.54, 1.807) is 6.20 Å². The fourth-order valence-electron chi connectivity index (χ4n) is 1.20. The minimum atomic E-state index is 0. The Kier molecular flexibility index (Phi) is 2.68. The van der Waals surface area contributed by atoms with E-state index in [-0.39, 0.29) is 12.4 Å². The van der Waals surface area contributed by atoms with Crippen LogP contribution in [0.3, 0.4) is 0 Å². The van der Waals surface area contributed by atoms with E-state index in [0.29, 0.717) is 6.54 Å². The highest BCUT2D eigenvalue weighted by atomic mass is 35.5. The van der Waals surface area contributed by atoms with Gasteiger partial charge in [-0.3, -0.25) is 0 Å². The molecule has 2 aromatic heterocycles. The van der Waals surface area contributed by atoms with Crippen molar-refractivity contribution in [2.24, 2.45) is 5.73 Å². The lowest BCUT2D eigenvalue weighted by molar-refractivity contribution is 1.08. The molecule has 0 radical (unpaired) electrons. The third-order valence-electron chi connectivity index (χ3n) is 1.77. The average molecular weight is 184 g/mol. The molecule has 0 saturated heterocycles. The Morgan fingerprint density at radius 2 is 2.25 bits per heavy atom. The van der Waals surface area contributed by atoms with Crippen LogP contribution >= 0.6 is 12.4 Å². The van der Waals surface area contributed by atoms with Crippen LogP contribution in [0.1, 0.15) is 5.56 Å². The quantitative estimate of drug-likeness (QED) is 0.703. The predicted molar refractivity (Wildman–Crippen MR) is 51.2 cm³/mol. The summed E-state index contributed by atoms with van der Waals surface area (Å²) in [7, 11) is 0. The van der Waals surface area contributed by atoms with Gasteiger partial charge >= 0.3 is 0 Å². The summed E-state index contributed by atoms with van der Waals surface area (Å²) in [5.41, 5.74) is 7.58. The number of halogens is 1. The second-order valence-electron chi connectivity index (χ2n) is 2.41. The van der Waals surface area contributed by atoms with Crippen LogP contribution in [0.15, 0.2) is 24.5 Å². The highest BCUT2D eigenvalue weighted by Crippen LogP contribution is 2.13. The van der Waals surface area contributed by atoms with Crippen LogP contribution in [0.2, 0.25) is 0 Å². The highest BCUT2D eigenvalue weighted by molar-refractivity contribution is 5.85. The van der Waals surface area contributed by atoms with Crippen molar-refractivity contribution in [2.75, 3.05) is 0 Å². The van der Waals surface area contributed by atoms with Crippen molar-refractivity contribution >= 4 is 23.4 Å². The van der Waals surface area contributed by atoms with Gasteiger partial charge in [-0.2, -0.15) is 0 Å². The molecule has 2 rings (SSSR count). The maximum Gasteiger partial charge on any atom is 0.137 e. The van der Waals surface area contributed by atoms with Crippen molar-refractivity contribution < 1.29 is 0 Å². The van der Waals surface area contributed by atoms with Gasteiger partial charge in [0.15, 0.2) is 0 Å². The lowest BCUT2D eigenvalue weighted by Crippen LogP contribution is -1.96. The maximum atomic E-state index is 5.53. The lowest BCUT2D eigenvalue weighted by atomic mass is 10.2. The minimum Gasteiger partial charge on any atom is -0.346 e. The van der Waals surface area contributed by atoms with Crippen LogP contribution in [-0.4, -0.2) is 9.97 Å². The van der Waals surface area contributed by atoms with Crippen molar-refractivity contribution in [2.45, 2.75) is 6.54 Å². The zero-order chi connectivity index (χ0) is 7.68. The Labute approximate surface area is 76.4 Å². The number of hydrogen-bond acceptors (Lipinski definition) is 2. The number of aromatic nitrogens is 2. The number of rotatable bonds is 1. The van der Waals surface area contributed by atoms with E-state index in [1.165, 1.54) is 0 Å². The Hall–Kier alpha value is -1.06. The second-order valence-corrected chi connectivity index (χ2v) is 2.41. The van der Waals surface area contributed by atoms with Crippen molar-refractivity contribution in [1.29, 1.82) is 0 Å². The molecule has 12 heavy (non-hydrogen) atoms. The van der Waals surface area contributed by atoms with E-state index in [4.69, 9.17) is 5.73 Å². The monoisotopic (exact) mass is 183 g/mol. The number of hydrogen-bond donors (Lipinski definition) is 2. The van der Waals surface area contributed by atoms with Crippen molar-refractivity contribution in [3.05, 3.63) is 30.1 Å². The normalized spacial score (nSPS) is 9.75. The van der Waals surface area contributed by atoms with Crippen molar-refractivity contribution in [3.8, 4) is 0 Å². The number of nitrogens with two attached hydrogens (primary N) is 1. The summed E-state index contributed by atoms with van der Waals surface area (Å²) in [5.74, 6) is 0. The number of H-pyrrole nitrogens is 1. The molecule has 0 unspecified atom stereocenters. The highest BCUT2D eigenvalue weighted by Gasteiger charge is 1.98. The van der Waals surface area contributed by atoms with E-state index < -0.39 is 0 Å². The summed E-state index contributed by atoms with van der Waals surface area (Å²) >= 11 is 0. The number of fused-ring (bicyclic) bond motifs is 1. The average Bonchev–Trinajstić information content (AvgIpc) is 2.50. The number of nitrogens with zero attached hydrogens (tertiary/aromatic N) is 1. The van der Waals surface area contributed by atoms with Gasteiger partial charge < -0.3 is 10.7 Å². The van der Waals surface area contributed by atoms with Gasteiger partial charge in [-0.1, -0.05) is 0 Å². The van der Waals surface area contributed by atoms with E-state index >= 15 is 0 Å². The first-order valence-corrected chi connectivity index (χ1v) is 3.53. The van der Waals surface area contributed by atoms with Gasteiger partial charge in [0.25, 0.3) is 0 Å². The van der Waals surface area contributed by atoms with Crippen LogP contribution in [0.25, 0.3) is 11.0 Å². The van der Waals surface area contributed by atoms with Gasteiger partial charge in [-0.05, 0) is 17.7 Å². The number of pyridine rings is 1. The number of nitrogens with one attached hydrogen (secondary N) is 1. The summed E-state index contributed by atoms with van der Waals surface area (Å²) in [4.78, 5) is 7.17. The van der Waals surface area contributed by atoms with E-state index in [9.17, 15) is 0 Å². The van der Waals surface area contributed by atoms with E-state index in [1.807, 2.05) is 18.3 Å². The third-order valence-corrected chi connectivity index (χ3v) is 1.77. The maximum absolute atomic E-state index is 5.53. The zero-order valence-electron chi connectivity index (χ0n) is 6.45. The van der Waals surface area contributed by atoms with Crippen LogP contribution in [0.5, 0.6) is 0 Å². The molecule has 0 fully saturated rings. The van der Waals surface area contributed by atoms with Gasteiger partial charge in [0.05, 0.1) is 0 Å². The molecule has 0 aliphatic carbocycles. The molecule has 0 aliphatic heterocycles. The van der Waals surface area contributed by atoms with Crippen molar-refractivity contribution in [1.82, 2.24) is 9.97 Å². The molecule has 64 valence electrons. The van der Waals surface area contributed by atoms with Gasteiger partial charge in [0.2, 0.25) is 0 Å². The molecule has 0 bridgehead atoms. The largest absolute Gasteiger partial charge is 0.346 e. The Bertz CT molecular complexity index is 369. The topological polar surface area (TPSA) is 54.7 Å². The van der Waals surface area contributed by atoms with Gasteiger partial charge in [0, 0.05) is 24.3 Å². The first kappa shape index (κ1) is 9.03. The zero-order valence-corrected chi connectivity index (χ0v) is 7.27. The summed E-state index contributed by atoms with van der Waals surface area (Å²) in [6, 6.07) is 3.93.